The molecule has 0 radical (unpaired) electrons. The van der Waals surface area contributed by atoms with Crippen LogP contribution in [-0.4, -0.2) is 11.1 Å². The second-order valence-electron chi connectivity index (χ2n) is 4.18. The maximum atomic E-state index is 9.63. The van der Waals surface area contributed by atoms with Crippen LogP contribution in [0.15, 0.2) is 17.7 Å². The molecule has 1 aromatic rings. The van der Waals surface area contributed by atoms with Crippen LogP contribution in [0.2, 0.25) is 0 Å². The van der Waals surface area contributed by atoms with E-state index < -0.39 is 0 Å². The van der Waals surface area contributed by atoms with Crippen molar-refractivity contribution >= 4 is 6.08 Å². The smallest absolute Gasteiger partial charge is 0.121 e. The van der Waals surface area contributed by atoms with Crippen molar-refractivity contribution in [3.63, 3.8) is 0 Å². The molecule has 1 unspecified atom stereocenters. The first-order chi connectivity index (χ1) is 6.91. The summed E-state index contributed by atoms with van der Waals surface area (Å²) in [6, 6.07) is 4.00. The predicted molar refractivity (Wildman–Crippen MR) is 64.9 cm³/mol. The van der Waals surface area contributed by atoms with Crippen LogP contribution in [0.4, 0.5) is 0 Å². The maximum Gasteiger partial charge on any atom is 0.121 e. The van der Waals surface area contributed by atoms with E-state index in [4.69, 9.17) is 5.73 Å². The van der Waals surface area contributed by atoms with E-state index in [2.05, 4.69) is 6.08 Å². The van der Waals surface area contributed by atoms with Crippen molar-refractivity contribution in [2.24, 2.45) is 5.73 Å². The summed E-state index contributed by atoms with van der Waals surface area (Å²) in [5, 5.41) is 9.63. The Bertz CT molecular complexity index is 369. The molecule has 1 aromatic carbocycles. The summed E-state index contributed by atoms with van der Waals surface area (Å²) in [4.78, 5) is 0. The Morgan fingerprint density at radius 3 is 2.20 bits per heavy atom. The summed E-state index contributed by atoms with van der Waals surface area (Å²) in [5.74, 6) is 0.380. The minimum Gasteiger partial charge on any atom is -0.507 e. The fourth-order valence-corrected chi connectivity index (χ4v) is 1.47. The average molecular weight is 205 g/mol. The van der Waals surface area contributed by atoms with Crippen molar-refractivity contribution in [1.29, 1.82) is 0 Å². The Hall–Kier alpha value is -1.28. The molecule has 0 aliphatic heterocycles. The SMILES string of the molecule is C/C(=C\c1cc(C)c(O)c(C)c1)C(C)N. The Kier molecular flexibility index (Phi) is 3.53. The van der Waals surface area contributed by atoms with Gasteiger partial charge in [0.2, 0.25) is 0 Å². The Morgan fingerprint density at radius 2 is 1.80 bits per heavy atom. The van der Waals surface area contributed by atoms with E-state index in [9.17, 15) is 5.11 Å². The lowest BCUT2D eigenvalue weighted by Crippen LogP contribution is -2.15. The van der Waals surface area contributed by atoms with Gasteiger partial charge in [-0.25, -0.2) is 0 Å². The van der Waals surface area contributed by atoms with Gasteiger partial charge in [-0.05, 0) is 56.5 Å². The van der Waals surface area contributed by atoms with Crippen LogP contribution < -0.4 is 5.73 Å². The second kappa shape index (κ2) is 4.49. The van der Waals surface area contributed by atoms with E-state index in [1.165, 1.54) is 0 Å². The van der Waals surface area contributed by atoms with Crippen LogP contribution >= 0.6 is 0 Å². The number of phenolic OH excluding ortho intramolecular Hbond substituents is 1. The molecule has 0 saturated carbocycles. The molecule has 2 nitrogen and oxygen atoms in total. The molecule has 0 aliphatic rings. The van der Waals surface area contributed by atoms with E-state index in [1.54, 1.807) is 0 Å². The first-order valence-electron chi connectivity index (χ1n) is 5.16. The summed E-state index contributed by atoms with van der Waals surface area (Å²) < 4.78 is 0. The van der Waals surface area contributed by atoms with Crippen LogP contribution in [0.1, 0.15) is 30.5 Å². The van der Waals surface area contributed by atoms with Crippen LogP contribution in [0.3, 0.4) is 0 Å². The highest BCUT2D eigenvalue weighted by atomic mass is 16.3. The van der Waals surface area contributed by atoms with E-state index in [1.807, 2.05) is 39.8 Å². The Morgan fingerprint density at radius 1 is 1.33 bits per heavy atom. The van der Waals surface area contributed by atoms with Crippen molar-refractivity contribution in [3.05, 3.63) is 34.4 Å². The molecule has 82 valence electrons. The number of phenols is 1. The molecule has 0 aromatic heterocycles. The highest BCUT2D eigenvalue weighted by molar-refractivity contribution is 5.58. The van der Waals surface area contributed by atoms with E-state index in [0.29, 0.717) is 5.75 Å². The van der Waals surface area contributed by atoms with Crippen molar-refractivity contribution in [3.8, 4) is 5.75 Å². The van der Waals surface area contributed by atoms with Gasteiger partial charge in [0.05, 0.1) is 0 Å². The summed E-state index contributed by atoms with van der Waals surface area (Å²) in [7, 11) is 0. The zero-order valence-corrected chi connectivity index (χ0v) is 9.83. The van der Waals surface area contributed by atoms with Gasteiger partial charge in [0.1, 0.15) is 5.75 Å². The molecule has 2 heteroatoms. The molecule has 0 saturated heterocycles. The van der Waals surface area contributed by atoms with Crippen molar-refractivity contribution in [2.75, 3.05) is 0 Å². The molecule has 0 spiro atoms. The number of aryl methyl sites for hydroxylation is 2. The topological polar surface area (TPSA) is 46.2 Å². The second-order valence-corrected chi connectivity index (χ2v) is 4.18. The Labute approximate surface area is 91.4 Å². The van der Waals surface area contributed by atoms with E-state index in [-0.39, 0.29) is 6.04 Å². The van der Waals surface area contributed by atoms with Crippen molar-refractivity contribution in [1.82, 2.24) is 0 Å². The quantitative estimate of drug-likeness (QED) is 0.779. The third-order valence-corrected chi connectivity index (χ3v) is 2.63. The van der Waals surface area contributed by atoms with Gasteiger partial charge in [0.25, 0.3) is 0 Å². The highest BCUT2D eigenvalue weighted by Crippen LogP contribution is 2.24. The average Bonchev–Trinajstić information content (AvgIpc) is 2.13. The molecule has 15 heavy (non-hydrogen) atoms. The normalized spacial score (nSPS) is 14.1. The molecule has 0 amide bonds. The van der Waals surface area contributed by atoms with Crippen molar-refractivity contribution < 1.29 is 5.11 Å². The lowest BCUT2D eigenvalue weighted by Gasteiger charge is -2.08. The monoisotopic (exact) mass is 205 g/mol. The highest BCUT2D eigenvalue weighted by Gasteiger charge is 2.03. The van der Waals surface area contributed by atoms with Gasteiger partial charge in [-0.1, -0.05) is 11.6 Å². The third kappa shape index (κ3) is 2.83. The summed E-state index contributed by atoms with van der Waals surface area (Å²) in [6.07, 6.45) is 2.06. The molecule has 1 rings (SSSR count). The first kappa shape index (κ1) is 11.8. The largest absolute Gasteiger partial charge is 0.507 e. The van der Waals surface area contributed by atoms with Gasteiger partial charge in [-0.3, -0.25) is 0 Å². The van der Waals surface area contributed by atoms with Crippen LogP contribution in [0.5, 0.6) is 5.75 Å². The van der Waals surface area contributed by atoms with E-state index >= 15 is 0 Å². The van der Waals surface area contributed by atoms with E-state index in [0.717, 1.165) is 22.3 Å². The Balaban J connectivity index is 3.13. The zero-order chi connectivity index (χ0) is 11.6. The van der Waals surface area contributed by atoms with Crippen molar-refractivity contribution in [2.45, 2.75) is 33.7 Å². The molecular weight excluding hydrogens is 186 g/mol. The molecule has 3 N–H and O–H groups in total. The first-order valence-corrected chi connectivity index (χ1v) is 5.16. The summed E-state index contributed by atoms with van der Waals surface area (Å²) in [6.45, 7) is 7.79. The fourth-order valence-electron chi connectivity index (χ4n) is 1.47. The maximum absolute atomic E-state index is 9.63. The fraction of sp³-hybridized carbons (Fsp3) is 0.385. The third-order valence-electron chi connectivity index (χ3n) is 2.63. The molecule has 0 heterocycles. The van der Waals surface area contributed by atoms with Gasteiger partial charge in [-0.15, -0.1) is 0 Å². The standard InChI is InChI=1S/C13H19NO/c1-8(11(4)14)5-12-6-9(2)13(15)10(3)7-12/h5-7,11,15H,14H2,1-4H3/b8-5+. The lowest BCUT2D eigenvalue weighted by molar-refractivity contribution is 0.467. The number of aromatic hydroxyl groups is 1. The minimum atomic E-state index is 0.0689. The van der Waals surface area contributed by atoms with Gasteiger partial charge >= 0.3 is 0 Å². The minimum absolute atomic E-state index is 0.0689. The number of hydrogen-bond acceptors (Lipinski definition) is 2. The predicted octanol–water partition coefficient (Wildman–Crippen LogP) is 2.76. The summed E-state index contributed by atoms with van der Waals surface area (Å²) >= 11 is 0. The van der Waals surface area contributed by atoms with Gasteiger partial charge in [0, 0.05) is 6.04 Å². The molecule has 0 bridgehead atoms. The summed E-state index contributed by atoms with van der Waals surface area (Å²) in [5.41, 5.74) is 9.81. The van der Waals surface area contributed by atoms with Crippen LogP contribution in [0.25, 0.3) is 6.08 Å². The van der Waals surface area contributed by atoms with Crippen LogP contribution in [0, 0.1) is 13.8 Å². The van der Waals surface area contributed by atoms with Gasteiger partial charge in [-0.2, -0.15) is 0 Å². The molecular formula is C13H19NO. The lowest BCUT2D eigenvalue weighted by atomic mass is 10.0. The number of hydrogen-bond donors (Lipinski definition) is 2. The zero-order valence-electron chi connectivity index (χ0n) is 9.83. The molecule has 0 fully saturated rings. The molecule has 1 atom stereocenters. The number of nitrogens with two attached hydrogens (primary N) is 1. The van der Waals surface area contributed by atoms with Crippen LogP contribution in [-0.2, 0) is 0 Å². The number of rotatable bonds is 2. The van der Waals surface area contributed by atoms with Gasteiger partial charge in [0.15, 0.2) is 0 Å². The van der Waals surface area contributed by atoms with Gasteiger partial charge < -0.3 is 10.8 Å². The number of benzene rings is 1. The molecule has 0 aliphatic carbocycles.